The van der Waals surface area contributed by atoms with Gasteiger partial charge in [0.2, 0.25) is 0 Å². The zero-order chi connectivity index (χ0) is 27.7. The number of nitrogens with zero attached hydrogens (tertiary/aromatic N) is 3. The Balaban J connectivity index is 1.68. The monoisotopic (exact) mass is 535 g/mol. The quantitative estimate of drug-likeness (QED) is 0.138. The topological polar surface area (TPSA) is 60.2 Å². The van der Waals surface area contributed by atoms with Crippen LogP contribution in [0.4, 0.5) is 0 Å². The molecular formula is C34H53N3O2. The third-order valence-electron chi connectivity index (χ3n) is 7.73. The molecule has 1 aromatic heterocycles. The van der Waals surface area contributed by atoms with Gasteiger partial charge in [0.15, 0.2) is 0 Å². The highest BCUT2D eigenvalue weighted by atomic mass is 16.5. The maximum Gasteiger partial charge on any atom is 0.146 e. The van der Waals surface area contributed by atoms with Crippen LogP contribution in [-0.4, -0.2) is 26.7 Å². The van der Waals surface area contributed by atoms with Crippen molar-refractivity contribution in [3.63, 3.8) is 0 Å². The second-order valence-corrected chi connectivity index (χ2v) is 11.1. The number of ether oxygens (including phenoxy) is 1. The molecule has 0 aliphatic rings. The van der Waals surface area contributed by atoms with Crippen LogP contribution in [0, 0.1) is 0 Å². The number of hydrogen-bond acceptors (Lipinski definition) is 4. The van der Waals surface area contributed by atoms with Gasteiger partial charge in [-0.15, -0.1) is 15.0 Å². The van der Waals surface area contributed by atoms with Crippen LogP contribution in [0.1, 0.15) is 135 Å². The molecule has 3 aromatic rings. The molecule has 0 saturated heterocycles. The van der Waals surface area contributed by atoms with Crippen molar-refractivity contribution < 1.29 is 9.84 Å². The molecular weight excluding hydrogens is 482 g/mol. The van der Waals surface area contributed by atoms with Gasteiger partial charge in [0.1, 0.15) is 28.2 Å². The number of phenolic OH excluding ortho intramolecular Hbond substituents is 1. The van der Waals surface area contributed by atoms with Gasteiger partial charge in [-0.1, -0.05) is 110 Å². The lowest BCUT2D eigenvalue weighted by Crippen LogP contribution is -2.03. The van der Waals surface area contributed by atoms with E-state index in [0.29, 0.717) is 18.0 Å². The highest BCUT2D eigenvalue weighted by molar-refractivity contribution is 5.76. The van der Waals surface area contributed by atoms with E-state index in [1.54, 1.807) is 4.80 Å². The molecule has 0 saturated carbocycles. The van der Waals surface area contributed by atoms with E-state index < -0.39 is 0 Å². The fourth-order valence-electron chi connectivity index (χ4n) is 5.40. The van der Waals surface area contributed by atoms with E-state index in [1.165, 1.54) is 102 Å². The standard InChI is InChI=1S/C34H53N3O2/c1-4-7-9-11-13-15-17-19-21-28-25-29(22-20-18-16-14-12-10-8-5-2)34(38)33(26-28)37-35-31-24-23-30(39-6-3)27-32(31)36-37/h23-27,38H,4-22H2,1-3H3. The summed E-state index contributed by atoms with van der Waals surface area (Å²) in [5.41, 5.74) is 4.58. The molecule has 216 valence electrons. The van der Waals surface area contributed by atoms with Gasteiger partial charge < -0.3 is 9.84 Å². The number of phenols is 1. The first-order valence-corrected chi connectivity index (χ1v) is 16.0. The van der Waals surface area contributed by atoms with Crippen LogP contribution >= 0.6 is 0 Å². The molecule has 5 heteroatoms. The third kappa shape index (κ3) is 10.5. The van der Waals surface area contributed by atoms with Crippen LogP contribution in [0.25, 0.3) is 16.7 Å². The zero-order valence-corrected chi connectivity index (χ0v) is 25.0. The number of fused-ring (bicyclic) bond motifs is 1. The Morgan fingerprint density at radius 2 is 1.21 bits per heavy atom. The number of aryl methyl sites for hydroxylation is 2. The SMILES string of the molecule is CCCCCCCCCCc1cc(CCCCCCCCCC)c(O)c(-n2nc3ccc(OCC)cc3n2)c1. The van der Waals surface area contributed by atoms with Crippen LogP contribution in [0.2, 0.25) is 0 Å². The summed E-state index contributed by atoms with van der Waals surface area (Å²) in [6, 6.07) is 10.1. The Kier molecular flexibility index (Phi) is 14.2. The van der Waals surface area contributed by atoms with Gasteiger partial charge in [0.05, 0.1) is 6.61 Å². The maximum absolute atomic E-state index is 11.3. The lowest BCUT2D eigenvalue weighted by Gasteiger charge is -2.13. The second-order valence-electron chi connectivity index (χ2n) is 11.1. The Bertz CT molecular complexity index is 1090. The van der Waals surface area contributed by atoms with E-state index in [4.69, 9.17) is 14.9 Å². The Labute approximate surface area is 237 Å². The number of benzene rings is 2. The van der Waals surface area contributed by atoms with Gasteiger partial charge in [-0.25, -0.2) is 0 Å². The molecule has 1 N–H and O–H groups in total. The summed E-state index contributed by atoms with van der Waals surface area (Å²) in [4.78, 5) is 1.62. The van der Waals surface area contributed by atoms with Gasteiger partial charge >= 0.3 is 0 Å². The van der Waals surface area contributed by atoms with Crippen molar-refractivity contribution in [3.05, 3.63) is 41.5 Å². The number of aromatic nitrogens is 3. The Hall–Kier alpha value is -2.56. The summed E-state index contributed by atoms with van der Waals surface area (Å²) in [7, 11) is 0. The first-order chi connectivity index (χ1) is 19.2. The van der Waals surface area contributed by atoms with Gasteiger partial charge in [-0.05, 0) is 61.9 Å². The van der Waals surface area contributed by atoms with E-state index in [0.717, 1.165) is 41.6 Å². The van der Waals surface area contributed by atoms with Gasteiger partial charge in [0, 0.05) is 6.07 Å². The highest BCUT2D eigenvalue weighted by Crippen LogP contribution is 2.31. The molecule has 1 heterocycles. The van der Waals surface area contributed by atoms with Gasteiger partial charge in [-0.2, -0.15) is 0 Å². The van der Waals surface area contributed by atoms with Crippen molar-refractivity contribution in [2.24, 2.45) is 0 Å². The van der Waals surface area contributed by atoms with Crippen LogP contribution in [0.15, 0.2) is 30.3 Å². The summed E-state index contributed by atoms with van der Waals surface area (Å²) in [6.45, 7) is 7.13. The van der Waals surface area contributed by atoms with Crippen molar-refractivity contribution >= 4 is 11.0 Å². The van der Waals surface area contributed by atoms with Crippen molar-refractivity contribution in [3.8, 4) is 17.2 Å². The minimum atomic E-state index is 0.322. The summed E-state index contributed by atoms with van der Waals surface area (Å²) in [5.74, 6) is 1.11. The zero-order valence-electron chi connectivity index (χ0n) is 25.0. The first kappa shape index (κ1) is 31.0. The maximum atomic E-state index is 11.3. The van der Waals surface area contributed by atoms with Gasteiger partial charge in [0.25, 0.3) is 0 Å². The minimum absolute atomic E-state index is 0.322. The van der Waals surface area contributed by atoms with Crippen LogP contribution in [-0.2, 0) is 12.8 Å². The molecule has 0 unspecified atom stereocenters. The molecule has 0 radical (unpaired) electrons. The first-order valence-electron chi connectivity index (χ1n) is 16.0. The fraction of sp³-hybridized carbons (Fsp3) is 0.647. The molecule has 0 atom stereocenters. The Morgan fingerprint density at radius 3 is 1.82 bits per heavy atom. The molecule has 0 spiro atoms. The largest absolute Gasteiger partial charge is 0.505 e. The molecule has 0 amide bonds. The summed E-state index contributed by atoms with van der Waals surface area (Å²) >= 11 is 0. The average molecular weight is 536 g/mol. The van der Waals surface area contributed by atoms with Crippen molar-refractivity contribution in [1.29, 1.82) is 0 Å². The second kappa shape index (κ2) is 17.9. The smallest absolute Gasteiger partial charge is 0.146 e. The molecule has 0 fully saturated rings. The molecule has 39 heavy (non-hydrogen) atoms. The lowest BCUT2D eigenvalue weighted by molar-refractivity contribution is 0.340. The molecule has 2 aromatic carbocycles. The van der Waals surface area contributed by atoms with Crippen LogP contribution < -0.4 is 4.74 Å². The van der Waals surface area contributed by atoms with Crippen molar-refractivity contribution in [2.45, 2.75) is 136 Å². The number of rotatable bonds is 21. The summed E-state index contributed by atoms with van der Waals surface area (Å²) < 4.78 is 5.65. The lowest BCUT2D eigenvalue weighted by atomic mass is 9.98. The molecule has 5 nitrogen and oxygen atoms in total. The number of hydrogen-bond donors (Lipinski definition) is 1. The van der Waals surface area contributed by atoms with E-state index >= 15 is 0 Å². The average Bonchev–Trinajstić information content (AvgIpc) is 3.36. The normalized spacial score (nSPS) is 11.5. The van der Waals surface area contributed by atoms with E-state index in [9.17, 15) is 5.11 Å². The van der Waals surface area contributed by atoms with Crippen molar-refractivity contribution in [1.82, 2.24) is 15.0 Å². The fourth-order valence-corrected chi connectivity index (χ4v) is 5.40. The van der Waals surface area contributed by atoms with Crippen molar-refractivity contribution in [2.75, 3.05) is 6.61 Å². The summed E-state index contributed by atoms with van der Waals surface area (Å²) in [5, 5.41) is 20.8. The van der Waals surface area contributed by atoms with Gasteiger partial charge in [-0.3, -0.25) is 0 Å². The predicted octanol–water partition coefficient (Wildman–Crippen LogP) is 9.89. The molecule has 0 bridgehead atoms. The van der Waals surface area contributed by atoms with Crippen LogP contribution in [0.3, 0.4) is 0 Å². The Morgan fingerprint density at radius 1 is 0.641 bits per heavy atom. The van der Waals surface area contributed by atoms with E-state index in [-0.39, 0.29) is 0 Å². The van der Waals surface area contributed by atoms with E-state index in [1.807, 2.05) is 25.1 Å². The minimum Gasteiger partial charge on any atom is -0.505 e. The summed E-state index contributed by atoms with van der Waals surface area (Å²) in [6.07, 6.45) is 22.7. The number of unbranched alkanes of at least 4 members (excludes halogenated alkanes) is 14. The third-order valence-corrected chi connectivity index (χ3v) is 7.73. The molecule has 0 aliphatic carbocycles. The van der Waals surface area contributed by atoms with E-state index in [2.05, 4.69) is 26.0 Å². The molecule has 3 rings (SSSR count). The highest BCUT2D eigenvalue weighted by Gasteiger charge is 2.15. The predicted molar refractivity (Wildman–Crippen MR) is 164 cm³/mol. The number of aromatic hydroxyl groups is 1. The van der Waals surface area contributed by atoms with Crippen LogP contribution in [0.5, 0.6) is 11.5 Å². The molecule has 0 aliphatic heterocycles.